The highest BCUT2D eigenvalue weighted by atomic mass is 16.5. The van der Waals surface area contributed by atoms with Gasteiger partial charge in [-0.3, -0.25) is 14.6 Å². The number of rotatable bonds is 1. The zero-order valence-electron chi connectivity index (χ0n) is 9.71. The highest BCUT2D eigenvalue weighted by molar-refractivity contribution is 5.65. The summed E-state index contributed by atoms with van der Waals surface area (Å²) in [7, 11) is 0. The van der Waals surface area contributed by atoms with Crippen LogP contribution in [0.25, 0.3) is 0 Å². The van der Waals surface area contributed by atoms with E-state index in [9.17, 15) is 4.79 Å². The number of carboxylic acids is 1. The molecule has 0 unspecified atom stereocenters. The van der Waals surface area contributed by atoms with Crippen molar-refractivity contribution in [1.82, 2.24) is 4.98 Å². The Balaban J connectivity index is 0. The van der Waals surface area contributed by atoms with E-state index < -0.39 is 5.97 Å². The van der Waals surface area contributed by atoms with Gasteiger partial charge in [-0.2, -0.15) is 0 Å². The minimum Gasteiger partial charge on any atom is -0.481 e. The Hall–Kier alpha value is -1.91. The van der Waals surface area contributed by atoms with Gasteiger partial charge >= 0.3 is 5.97 Å². The number of carboxylic acid groups (broad SMARTS) is 1. The van der Waals surface area contributed by atoms with Gasteiger partial charge in [-0.25, -0.2) is 0 Å². The van der Waals surface area contributed by atoms with Crippen molar-refractivity contribution < 1.29 is 19.4 Å². The molecule has 0 aliphatic carbocycles. The number of pyridine rings is 1. The third kappa shape index (κ3) is 29.6. The summed E-state index contributed by atoms with van der Waals surface area (Å²) in [6.45, 7) is 4.74. The van der Waals surface area contributed by atoms with Crippen LogP contribution in [0.5, 0.6) is 0 Å². The molecule has 0 saturated carbocycles. The predicted octanol–water partition coefficient (Wildman–Crippen LogP) is 1.74. The molecule has 0 radical (unpaired) electrons. The lowest BCUT2D eigenvalue weighted by molar-refractivity contribution is -0.140. The standard InChI is InChI=1S/C5H5N.C4H8O2.C2H4O2/c1-2-4-6-5-3-1;1-3-6-4(2)5;1-2(3)4/h1-5H;3H2,1-2H3;1H3,(H,3,4). The number of aliphatic carboxylic acids is 1. The fourth-order valence-corrected chi connectivity index (χ4v) is 0.516. The van der Waals surface area contributed by atoms with E-state index in [0.29, 0.717) is 6.61 Å². The van der Waals surface area contributed by atoms with Crippen molar-refractivity contribution in [2.45, 2.75) is 20.8 Å². The Bertz CT molecular complexity index is 244. The van der Waals surface area contributed by atoms with Crippen LogP contribution in [0.2, 0.25) is 0 Å². The lowest BCUT2D eigenvalue weighted by atomic mass is 10.5. The number of ether oxygens (including phenoxy) is 1. The molecule has 5 nitrogen and oxygen atoms in total. The molecule has 16 heavy (non-hydrogen) atoms. The monoisotopic (exact) mass is 227 g/mol. The second kappa shape index (κ2) is 13.1. The lowest BCUT2D eigenvalue weighted by Crippen LogP contribution is -1.95. The molecular formula is C11H17NO4. The summed E-state index contributed by atoms with van der Waals surface area (Å²) in [5, 5.41) is 7.42. The third-order valence-electron chi connectivity index (χ3n) is 0.914. The molecule has 5 heteroatoms. The first-order valence-corrected chi connectivity index (χ1v) is 4.68. The Morgan fingerprint density at radius 1 is 1.19 bits per heavy atom. The van der Waals surface area contributed by atoms with Crippen molar-refractivity contribution in [3.05, 3.63) is 30.6 Å². The molecular weight excluding hydrogens is 210 g/mol. The highest BCUT2D eigenvalue weighted by Crippen LogP contribution is 1.73. The molecule has 1 aromatic rings. The molecule has 1 heterocycles. The lowest BCUT2D eigenvalue weighted by Gasteiger charge is -1.89. The quantitative estimate of drug-likeness (QED) is 0.739. The van der Waals surface area contributed by atoms with E-state index in [-0.39, 0.29) is 5.97 Å². The van der Waals surface area contributed by atoms with E-state index in [4.69, 9.17) is 9.90 Å². The molecule has 0 fully saturated rings. The summed E-state index contributed by atoms with van der Waals surface area (Å²) in [6.07, 6.45) is 3.50. The molecule has 1 rings (SSSR count). The smallest absolute Gasteiger partial charge is 0.302 e. The molecule has 0 aliphatic rings. The zero-order valence-corrected chi connectivity index (χ0v) is 9.71. The topological polar surface area (TPSA) is 76.5 Å². The molecule has 0 saturated heterocycles. The number of hydrogen-bond donors (Lipinski definition) is 1. The maximum absolute atomic E-state index is 9.82. The molecule has 0 amide bonds. The van der Waals surface area contributed by atoms with Crippen LogP contribution in [-0.2, 0) is 14.3 Å². The van der Waals surface area contributed by atoms with Crippen LogP contribution in [0, 0.1) is 0 Å². The van der Waals surface area contributed by atoms with Crippen LogP contribution >= 0.6 is 0 Å². The molecule has 0 spiro atoms. The van der Waals surface area contributed by atoms with Crippen LogP contribution in [0.4, 0.5) is 0 Å². The Morgan fingerprint density at radius 2 is 1.62 bits per heavy atom. The second-order valence-electron chi connectivity index (χ2n) is 2.47. The molecule has 0 aliphatic heterocycles. The largest absolute Gasteiger partial charge is 0.481 e. The number of esters is 1. The van der Waals surface area contributed by atoms with Gasteiger partial charge in [0.05, 0.1) is 6.61 Å². The van der Waals surface area contributed by atoms with Gasteiger partial charge in [-0.15, -0.1) is 0 Å². The first-order chi connectivity index (χ1) is 7.50. The Kier molecular flexibility index (Phi) is 13.5. The second-order valence-corrected chi connectivity index (χ2v) is 2.47. The summed E-state index contributed by atoms with van der Waals surface area (Å²) >= 11 is 0. The average Bonchev–Trinajstić information content (AvgIpc) is 2.20. The molecule has 0 bridgehead atoms. The molecule has 90 valence electrons. The maximum atomic E-state index is 9.82. The minimum atomic E-state index is -0.833. The molecule has 1 aromatic heterocycles. The van der Waals surface area contributed by atoms with E-state index in [1.165, 1.54) is 6.92 Å². The van der Waals surface area contributed by atoms with Gasteiger partial charge in [-0.05, 0) is 19.1 Å². The maximum Gasteiger partial charge on any atom is 0.302 e. The van der Waals surface area contributed by atoms with Crippen molar-refractivity contribution in [3.8, 4) is 0 Å². The van der Waals surface area contributed by atoms with Crippen molar-refractivity contribution >= 4 is 11.9 Å². The zero-order chi connectivity index (χ0) is 12.8. The van der Waals surface area contributed by atoms with E-state index in [2.05, 4.69) is 9.72 Å². The Labute approximate surface area is 95.1 Å². The number of hydrogen-bond acceptors (Lipinski definition) is 4. The van der Waals surface area contributed by atoms with E-state index in [0.717, 1.165) is 6.92 Å². The van der Waals surface area contributed by atoms with Gasteiger partial charge in [0.25, 0.3) is 5.97 Å². The molecule has 1 N–H and O–H groups in total. The van der Waals surface area contributed by atoms with Crippen LogP contribution in [0.15, 0.2) is 30.6 Å². The van der Waals surface area contributed by atoms with Crippen molar-refractivity contribution in [1.29, 1.82) is 0 Å². The van der Waals surface area contributed by atoms with E-state index in [1.807, 2.05) is 18.2 Å². The van der Waals surface area contributed by atoms with Gasteiger partial charge in [0, 0.05) is 26.2 Å². The van der Waals surface area contributed by atoms with Gasteiger partial charge in [0.15, 0.2) is 0 Å². The van der Waals surface area contributed by atoms with Crippen LogP contribution in [0.3, 0.4) is 0 Å². The number of carbonyl (C=O) groups excluding carboxylic acids is 1. The summed E-state index contributed by atoms with van der Waals surface area (Å²) in [6, 6.07) is 5.72. The summed E-state index contributed by atoms with van der Waals surface area (Å²) < 4.78 is 4.40. The van der Waals surface area contributed by atoms with E-state index in [1.54, 1.807) is 19.3 Å². The van der Waals surface area contributed by atoms with Gasteiger partial charge in [0.2, 0.25) is 0 Å². The fourth-order valence-electron chi connectivity index (χ4n) is 0.516. The number of aromatic nitrogens is 1. The molecule has 0 atom stereocenters. The van der Waals surface area contributed by atoms with Gasteiger partial charge in [-0.1, -0.05) is 6.07 Å². The van der Waals surface area contributed by atoms with E-state index >= 15 is 0 Å². The third-order valence-corrected chi connectivity index (χ3v) is 0.914. The van der Waals surface area contributed by atoms with Gasteiger partial charge in [0.1, 0.15) is 0 Å². The summed E-state index contributed by atoms with van der Waals surface area (Å²) in [4.78, 5) is 22.6. The van der Waals surface area contributed by atoms with Gasteiger partial charge < -0.3 is 9.84 Å². The highest BCUT2D eigenvalue weighted by Gasteiger charge is 1.81. The fraction of sp³-hybridized carbons (Fsp3) is 0.364. The first-order valence-electron chi connectivity index (χ1n) is 4.68. The van der Waals surface area contributed by atoms with Crippen molar-refractivity contribution in [2.75, 3.05) is 6.61 Å². The van der Waals surface area contributed by atoms with Crippen LogP contribution < -0.4 is 0 Å². The predicted molar refractivity (Wildman–Crippen MR) is 59.9 cm³/mol. The molecule has 0 aromatic carbocycles. The van der Waals surface area contributed by atoms with Crippen LogP contribution in [0.1, 0.15) is 20.8 Å². The first kappa shape index (κ1) is 16.5. The minimum absolute atomic E-state index is 0.211. The van der Waals surface area contributed by atoms with Crippen molar-refractivity contribution in [3.63, 3.8) is 0 Å². The SMILES string of the molecule is CC(=O)O.CCOC(C)=O.c1ccncc1. The van der Waals surface area contributed by atoms with Crippen LogP contribution in [-0.4, -0.2) is 28.6 Å². The number of nitrogens with zero attached hydrogens (tertiary/aromatic N) is 1. The normalized spacial score (nSPS) is 7.44. The van der Waals surface area contributed by atoms with Crippen molar-refractivity contribution in [2.24, 2.45) is 0 Å². The average molecular weight is 227 g/mol. The summed E-state index contributed by atoms with van der Waals surface area (Å²) in [5.74, 6) is -1.04. The Morgan fingerprint density at radius 3 is 1.69 bits per heavy atom. The summed E-state index contributed by atoms with van der Waals surface area (Å²) in [5.41, 5.74) is 0. The number of carbonyl (C=O) groups is 2.